The predicted molar refractivity (Wildman–Crippen MR) is 135 cm³/mol. The molecule has 0 aliphatic rings. The van der Waals surface area contributed by atoms with Crippen LogP contribution in [0.5, 0.6) is 17.4 Å². The molecule has 0 saturated heterocycles. The van der Waals surface area contributed by atoms with Crippen molar-refractivity contribution in [1.82, 2.24) is 15.6 Å². The molecule has 0 fully saturated rings. The third-order valence-corrected chi connectivity index (χ3v) is 4.67. The van der Waals surface area contributed by atoms with Crippen LogP contribution in [0.25, 0.3) is 10.9 Å². The Labute approximate surface area is 206 Å². The number of aromatic nitrogens is 1. The molecule has 2 aromatic carbocycles. The van der Waals surface area contributed by atoms with Gasteiger partial charge in [-0.25, -0.2) is 9.78 Å². The Bertz CT molecular complexity index is 1150. The van der Waals surface area contributed by atoms with Crippen molar-refractivity contribution >= 4 is 22.9 Å². The minimum absolute atomic E-state index is 0.117. The van der Waals surface area contributed by atoms with Crippen LogP contribution in [-0.4, -0.2) is 41.8 Å². The van der Waals surface area contributed by atoms with Crippen molar-refractivity contribution in [2.75, 3.05) is 13.1 Å². The number of carbonyl (C=O) groups is 2. The maximum atomic E-state index is 12.0. The molecule has 2 amide bonds. The van der Waals surface area contributed by atoms with Crippen LogP contribution in [0.2, 0.25) is 0 Å². The first kappa shape index (κ1) is 25.8. The first-order valence-electron chi connectivity index (χ1n) is 11.7. The van der Waals surface area contributed by atoms with E-state index in [4.69, 9.17) is 14.2 Å². The number of fused-ring (bicyclic) bond motifs is 1. The van der Waals surface area contributed by atoms with Gasteiger partial charge >= 0.3 is 6.09 Å². The third kappa shape index (κ3) is 8.81. The molecule has 3 aromatic rings. The molecule has 1 heterocycles. The van der Waals surface area contributed by atoms with E-state index in [2.05, 4.69) is 15.6 Å². The highest BCUT2D eigenvalue weighted by Crippen LogP contribution is 2.25. The molecule has 0 atom stereocenters. The molecule has 3 rings (SSSR count). The molecule has 8 heteroatoms. The minimum Gasteiger partial charge on any atom is -0.491 e. The zero-order chi connectivity index (χ0) is 25.4. The average molecular weight is 480 g/mol. The lowest BCUT2D eigenvalue weighted by Crippen LogP contribution is -2.40. The molecular formula is C27H33N3O5. The monoisotopic (exact) mass is 479 g/mol. The summed E-state index contributed by atoms with van der Waals surface area (Å²) in [5.74, 6) is 1.71. The second kappa shape index (κ2) is 11.6. The molecule has 0 radical (unpaired) electrons. The van der Waals surface area contributed by atoms with Gasteiger partial charge in [0.25, 0.3) is 0 Å². The first-order chi connectivity index (χ1) is 16.6. The van der Waals surface area contributed by atoms with E-state index in [0.29, 0.717) is 24.6 Å². The van der Waals surface area contributed by atoms with E-state index in [1.807, 2.05) is 68.4 Å². The number of hydrogen-bond donors (Lipinski definition) is 2. The van der Waals surface area contributed by atoms with Crippen molar-refractivity contribution in [3.8, 4) is 17.4 Å². The average Bonchev–Trinajstić information content (AvgIpc) is 2.77. The van der Waals surface area contributed by atoms with Gasteiger partial charge in [-0.1, -0.05) is 6.07 Å². The van der Waals surface area contributed by atoms with Crippen molar-refractivity contribution in [3.05, 3.63) is 60.2 Å². The van der Waals surface area contributed by atoms with Crippen LogP contribution in [-0.2, 0) is 16.0 Å². The summed E-state index contributed by atoms with van der Waals surface area (Å²) in [6.07, 6.45) is 0.151. The Morgan fingerprint density at radius 2 is 1.66 bits per heavy atom. The third-order valence-electron chi connectivity index (χ3n) is 4.67. The molecule has 8 nitrogen and oxygen atoms in total. The summed E-state index contributed by atoms with van der Waals surface area (Å²) in [6.45, 7) is 9.58. The van der Waals surface area contributed by atoms with Gasteiger partial charge in [-0.15, -0.1) is 0 Å². The van der Waals surface area contributed by atoms with Gasteiger partial charge < -0.3 is 24.8 Å². The van der Waals surface area contributed by atoms with E-state index in [0.717, 1.165) is 22.2 Å². The number of benzene rings is 2. The van der Waals surface area contributed by atoms with Crippen molar-refractivity contribution < 1.29 is 23.8 Å². The summed E-state index contributed by atoms with van der Waals surface area (Å²) in [7, 11) is 0. The predicted octanol–water partition coefficient (Wildman–Crippen LogP) is 5.00. The SMILES string of the molecule is CC(C)Oc1ccc(Oc2ccc3cc(CCNC(=O)CNC(=O)OC(C)(C)C)ccc3n2)cc1. The van der Waals surface area contributed by atoms with Gasteiger partial charge in [0.05, 0.1) is 18.2 Å². The number of ether oxygens (including phenoxy) is 3. The van der Waals surface area contributed by atoms with E-state index in [1.165, 1.54) is 0 Å². The zero-order valence-corrected chi connectivity index (χ0v) is 20.9. The second-order valence-corrected chi connectivity index (χ2v) is 9.37. The van der Waals surface area contributed by atoms with Gasteiger partial charge in [0.2, 0.25) is 11.8 Å². The highest BCUT2D eigenvalue weighted by Gasteiger charge is 2.16. The quantitative estimate of drug-likeness (QED) is 0.448. The van der Waals surface area contributed by atoms with E-state index in [9.17, 15) is 9.59 Å². The summed E-state index contributed by atoms with van der Waals surface area (Å²) in [5, 5.41) is 6.22. The van der Waals surface area contributed by atoms with E-state index in [1.54, 1.807) is 20.8 Å². The maximum absolute atomic E-state index is 12.0. The number of carbonyl (C=O) groups excluding carboxylic acids is 2. The van der Waals surface area contributed by atoms with E-state index >= 15 is 0 Å². The van der Waals surface area contributed by atoms with Crippen LogP contribution < -0.4 is 20.1 Å². The van der Waals surface area contributed by atoms with Gasteiger partial charge in [-0.05, 0) is 89.1 Å². The zero-order valence-electron chi connectivity index (χ0n) is 20.9. The molecule has 0 unspecified atom stereocenters. The van der Waals surface area contributed by atoms with Crippen molar-refractivity contribution in [3.63, 3.8) is 0 Å². The topological polar surface area (TPSA) is 98.8 Å². The minimum atomic E-state index is -0.616. The van der Waals surface area contributed by atoms with Crippen LogP contribution in [0, 0.1) is 0 Å². The van der Waals surface area contributed by atoms with Crippen molar-refractivity contribution in [2.24, 2.45) is 0 Å². The van der Waals surface area contributed by atoms with Crippen LogP contribution in [0.4, 0.5) is 4.79 Å². The molecule has 2 N–H and O–H groups in total. The lowest BCUT2D eigenvalue weighted by molar-refractivity contribution is -0.120. The molecule has 35 heavy (non-hydrogen) atoms. The summed E-state index contributed by atoms with van der Waals surface area (Å²) in [6, 6.07) is 17.2. The van der Waals surface area contributed by atoms with Gasteiger partial charge in [0.1, 0.15) is 17.1 Å². The Kier molecular flexibility index (Phi) is 8.52. The lowest BCUT2D eigenvalue weighted by Gasteiger charge is -2.19. The Hall–Kier alpha value is -3.81. The summed E-state index contributed by atoms with van der Waals surface area (Å²) >= 11 is 0. The number of alkyl carbamates (subject to hydrolysis) is 1. The lowest BCUT2D eigenvalue weighted by atomic mass is 10.1. The smallest absolute Gasteiger partial charge is 0.408 e. The summed E-state index contributed by atoms with van der Waals surface area (Å²) < 4.78 is 16.6. The standard InChI is InChI=1S/C27H33N3O5/c1-18(2)33-21-8-10-22(11-9-21)34-25-13-7-20-16-19(6-12-23(20)30-25)14-15-28-24(31)17-29-26(32)35-27(3,4)5/h6-13,16,18H,14-15,17H2,1-5H3,(H,28,31)(H,29,32). The fourth-order valence-corrected chi connectivity index (χ4v) is 3.22. The van der Waals surface area contributed by atoms with Crippen LogP contribution in [0.1, 0.15) is 40.2 Å². The van der Waals surface area contributed by atoms with Gasteiger partial charge in [0.15, 0.2) is 0 Å². The van der Waals surface area contributed by atoms with Gasteiger partial charge in [-0.2, -0.15) is 0 Å². The normalized spacial score (nSPS) is 11.3. The molecule has 0 aliphatic carbocycles. The number of amides is 2. The highest BCUT2D eigenvalue weighted by molar-refractivity contribution is 5.82. The number of pyridine rings is 1. The highest BCUT2D eigenvalue weighted by atomic mass is 16.6. The molecule has 1 aromatic heterocycles. The molecule has 0 saturated carbocycles. The Morgan fingerprint density at radius 1 is 0.943 bits per heavy atom. The Balaban J connectivity index is 1.49. The first-order valence-corrected chi connectivity index (χ1v) is 11.7. The number of hydrogen-bond acceptors (Lipinski definition) is 6. The van der Waals surface area contributed by atoms with Crippen molar-refractivity contribution in [2.45, 2.75) is 52.7 Å². The largest absolute Gasteiger partial charge is 0.491 e. The second-order valence-electron chi connectivity index (χ2n) is 9.37. The fraction of sp³-hybridized carbons (Fsp3) is 0.370. The number of nitrogens with one attached hydrogen (secondary N) is 2. The van der Waals surface area contributed by atoms with Crippen LogP contribution >= 0.6 is 0 Å². The summed E-state index contributed by atoms with van der Waals surface area (Å²) in [4.78, 5) is 28.2. The molecule has 0 bridgehead atoms. The molecule has 186 valence electrons. The van der Waals surface area contributed by atoms with E-state index in [-0.39, 0.29) is 18.6 Å². The van der Waals surface area contributed by atoms with Gasteiger partial charge in [0, 0.05) is 18.0 Å². The molecular weight excluding hydrogens is 446 g/mol. The van der Waals surface area contributed by atoms with Crippen LogP contribution in [0.3, 0.4) is 0 Å². The van der Waals surface area contributed by atoms with Crippen LogP contribution in [0.15, 0.2) is 54.6 Å². The summed E-state index contributed by atoms with van der Waals surface area (Å²) in [5.41, 5.74) is 1.28. The van der Waals surface area contributed by atoms with E-state index < -0.39 is 11.7 Å². The molecule has 0 aliphatic heterocycles. The fourth-order valence-electron chi connectivity index (χ4n) is 3.22. The molecule has 0 spiro atoms. The number of rotatable bonds is 9. The maximum Gasteiger partial charge on any atom is 0.408 e. The van der Waals surface area contributed by atoms with Gasteiger partial charge in [-0.3, -0.25) is 4.79 Å². The Morgan fingerprint density at radius 3 is 2.34 bits per heavy atom. The number of nitrogens with zero attached hydrogens (tertiary/aromatic N) is 1. The van der Waals surface area contributed by atoms with Crippen molar-refractivity contribution in [1.29, 1.82) is 0 Å².